The lowest BCUT2D eigenvalue weighted by molar-refractivity contribution is 0.371. The summed E-state index contributed by atoms with van der Waals surface area (Å²) >= 11 is 0. The molecular formula is C11H16N2O. The molecule has 0 bridgehead atoms. The molecule has 3 heteroatoms. The Morgan fingerprint density at radius 3 is 2.36 bits per heavy atom. The van der Waals surface area contributed by atoms with Gasteiger partial charge in [0.2, 0.25) is 0 Å². The SMILES string of the molecule is Cc1cc(C)c(OCC(=N)N)cc1C. The topological polar surface area (TPSA) is 59.1 Å². The van der Waals surface area contributed by atoms with Gasteiger partial charge in [0, 0.05) is 0 Å². The first-order valence-corrected chi connectivity index (χ1v) is 4.54. The van der Waals surface area contributed by atoms with Crippen molar-refractivity contribution >= 4 is 5.84 Å². The second-order valence-electron chi connectivity index (χ2n) is 3.52. The molecule has 0 heterocycles. The van der Waals surface area contributed by atoms with Gasteiger partial charge in [0.25, 0.3) is 0 Å². The average Bonchev–Trinajstić information content (AvgIpc) is 2.09. The monoisotopic (exact) mass is 192 g/mol. The zero-order valence-corrected chi connectivity index (χ0v) is 8.85. The van der Waals surface area contributed by atoms with Gasteiger partial charge in [-0.3, -0.25) is 5.41 Å². The number of benzene rings is 1. The molecule has 1 aromatic carbocycles. The third-order valence-corrected chi connectivity index (χ3v) is 2.17. The molecule has 0 atom stereocenters. The van der Waals surface area contributed by atoms with E-state index in [1.54, 1.807) is 0 Å². The Balaban J connectivity index is 2.87. The van der Waals surface area contributed by atoms with Gasteiger partial charge in [-0.05, 0) is 43.5 Å². The zero-order chi connectivity index (χ0) is 10.7. The third kappa shape index (κ3) is 2.49. The van der Waals surface area contributed by atoms with Gasteiger partial charge >= 0.3 is 0 Å². The highest BCUT2D eigenvalue weighted by Gasteiger charge is 2.02. The van der Waals surface area contributed by atoms with Crippen LogP contribution in [0.4, 0.5) is 0 Å². The van der Waals surface area contributed by atoms with E-state index in [4.69, 9.17) is 15.9 Å². The largest absolute Gasteiger partial charge is 0.485 e. The molecule has 0 aliphatic rings. The molecule has 3 nitrogen and oxygen atoms in total. The van der Waals surface area contributed by atoms with E-state index in [9.17, 15) is 0 Å². The Bertz CT molecular complexity index is 359. The molecule has 14 heavy (non-hydrogen) atoms. The fourth-order valence-corrected chi connectivity index (χ4v) is 1.25. The van der Waals surface area contributed by atoms with E-state index >= 15 is 0 Å². The molecule has 0 fully saturated rings. The van der Waals surface area contributed by atoms with Crippen LogP contribution in [-0.4, -0.2) is 12.4 Å². The lowest BCUT2D eigenvalue weighted by Gasteiger charge is -2.10. The van der Waals surface area contributed by atoms with E-state index in [1.165, 1.54) is 11.1 Å². The number of nitrogens with one attached hydrogen (secondary N) is 1. The summed E-state index contributed by atoms with van der Waals surface area (Å²) in [6, 6.07) is 4.05. The smallest absolute Gasteiger partial charge is 0.145 e. The highest BCUT2D eigenvalue weighted by Crippen LogP contribution is 2.22. The lowest BCUT2D eigenvalue weighted by atomic mass is 10.1. The van der Waals surface area contributed by atoms with Crippen LogP contribution >= 0.6 is 0 Å². The van der Waals surface area contributed by atoms with Crippen LogP contribution in [0.2, 0.25) is 0 Å². The van der Waals surface area contributed by atoms with Crippen molar-refractivity contribution in [2.24, 2.45) is 5.73 Å². The molecule has 0 amide bonds. The molecular weight excluding hydrogens is 176 g/mol. The van der Waals surface area contributed by atoms with Crippen molar-refractivity contribution in [2.45, 2.75) is 20.8 Å². The van der Waals surface area contributed by atoms with Gasteiger partial charge in [0.1, 0.15) is 18.2 Å². The van der Waals surface area contributed by atoms with Crippen LogP contribution in [0.1, 0.15) is 16.7 Å². The average molecular weight is 192 g/mol. The Morgan fingerprint density at radius 1 is 1.21 bits per heavy atom. The lowest BCUT2D eigenvalue weighted by Crippen LogP contribution is -2.19. The number of ether oxygens (including phenoxy) is 1. The van der Waals surface area contributed by atoms with E-state index in [-0.39, 0.29) is 12.4 Å². The maximum Gasteiger partial charge on any atom is 0.145 e. The summed E-state index contributed by atoms with van der Waals surface area (Å²) in [7, 11) is 0. The highest BCUT2D eigenvalue weighted by molar-refractivity contribution is 5.78. The summed E-state index contributed by atoms with van der Waals surface area (Å²) in [6.07, 6.45) is 0. The van der Waals surface area contributed by atoms with Gasteiger partial charge in [-0.25, -0.2) is 0 Å². The van der Waals surface area contributed by atoms with Crippen molar-refractivity contribution in [3.8, 4) is 5.75 Å². The minimum atomic E-state index is 0.0441. The molecule has 76 valence electrons. The molecule has 0 spiro atoms. The number of nitrogens with two attached hydrogens (primary N) is 1. The van der Waals surface area contributed by atoms with Crippen LogP contribution in [0.25, 0.3) is 0 Å². The molecule has 0 saturated heterocycles. The van der Waals surface area contributed by atoms with Crippen LogP contribution < -0.4 is 10.5 Å². The second kappa shape index (κ2) is 4.13. The molecule has 0 aromatic heterocycles. The van der Waals surface area contributed by atoms with Crippen molar-refractivity contribution in [1.82, 2.24) is 0 Å². The predicted octanol–water partition coefficient (Wildman–Crippen LogP) is 1.93. The second-order valence-corrected chi connectivity index (χ2v) is 3.52. The first kappa shape index (κ1) is 10.6. The van der Waals surface area contributed by atoms with Gasteiger partial charge < -0.3 is 10.5 Å². The van der Waals surface area contributed by atoms with E-state index < -0.39 is 0 Å². The number of rotatable bonds is 3. The van der Waals surface area contributed by atoms with Gasteiger partial charge in [-0.15, -0.1) is 0 Å². The number of hydrogen-bond acceptors (Lipinski definition) is 2. The summed E-state index contributed by atoms with van der Waals surface area (Å²) < 4.78 is 5.38. The van der Waals surface area contributed by atoms with Crippen LogP contribution in [0.3, 0.4) is 0 Å². The Hall–Kier alpha value is -1.51. The van der Waals surface area contributed by atoms with E-state index in [1.807, 2.05) is 19.9 Å². The Morgan fingerprint density at radius 2 is 1.79 bits per heavy atom. The molecule has 0 radical (unpaired) electrons. The molecule has 0 saturated carbocycles. The Kier molecular flexibility index (Phi) is 3.12. The molecule has 0 aliphatic carbocycles. The normalized spacial score (nSPS) is 9.93. The Labute approximate surface area is 84.4 Å². The maximum absolute atomic E-state index is 7.06. The van der Waals surface area contributed by atoms with Crippen LogP contribution in [0, 0.1) is 26.2 Å². The fourth-order valence-electron chi connectivity index (χ4n) is 1.25. The standard InChI is InChI=1S/C11H16N2O/c1-7-4-9(3)10(5-8(7)2)14-6-11(12)13/h4-5H,6H2,1-3H3,(H3,12,13). The summed E-state index contributed by atoms with van der Waals surface area (Å²) in [6.45, 7) is 6.25. The van der Waals surface area contributed by atoms with Crippen LogP contribution in [-0.2, 0) is 0 Å². The number of aryl methyl sites for hydroxylation is 3. The van der Waals surface area contributed by atoms with Crippen molar-refractivity contribution in [2.75, 3.05) is 6.61 Å². The fraction of sp³-hybridized carbons (Fsp3) is 0.364. The van der Waals surface area contributed by atoms with Gasteiger partial charge in [0.15, 0.2) is 0 Å². The third-order valence-electron chi connectivity index (χ3n) is 2.17. The minimum absolute atomic E-state index is 0.0441. The molecule has 1 rings (SSSR count). The van der Waals surface area contributed by atoms with Crippen LogP contribution in [0.15, 0.2) is 12.1 Å². The van der Waals surface area contributed by atoms with Gasteiger partial charge in [0.05, 0.1) is 0 Å². The highest BCUT2D eigenvalue weighted by atomic mass is 16.5. The molecule has 0 unspecified atom stereocenters. The van der Waals surface area contributed by atoms with E-state index in [0.29, 0.717) is 0 Å². The number of amidine groups is 1. The molecule has 1 aromatic rings. The summed E-state index contributed by atoms with van der Waals surface area (Å²) in [4.78, 5) is 0. The van der Waals surface area contributed by atoms with E-state index in [0.717, 1.165) is 11.3 Å². The van der Waals surface area contributed by atoms with Crippen molar-refractivity contribution in [3.63, 3.8) is 0 Å². The quantitative estimate of drug-likeness (QED) is 0.568. The summed E-state index contributed by atoms with van der Waals surface area (Å²) in [5, 5.41) is 7.06. The van der Waals surface area contributed by atoms with Crippen LogP contribution in [0.5, 0.6) is 5.75 Å². The van der Waals surface area contributed by atoms with Gasteiger partial charge in [-0.1, -0.05) is 6.07 Å². The summed E-state index contributed by atoms with van der Waals surface area (Å²) in [5.74, 6) is 0.853. The van der Waals surface area contributed by atoms with Gasteiger partial charge in [-0.2, -0.15) is 0 Å². The maximum atomic E-state index is 7.06. The van der Waals surface area contributed by atoms with Crippen molar-refractivity contribution in [3.05, 3.63) is 28.8 Å². The first-order chi connectivity index (χ1) is 6.50. The van der Waals surface area contributed by atoms with E-state index in [2.05, 4.69) is 13.0 Å². The molecule has 0 aliphatic heterocycles. The molecule has 3 N–H and O–H groups in total. The predicted molar refractivity (Wildman–Crippen MR) is 58.1 cm³/mol. The number of hydrogen-bond donors (Lipinski definition) is 2. The first-order valence-electron chi connectivity index (χ1n) is 4.54. The van der Waals surface area contributed by atoms with Crippen molar-refractivity contribution < 1.29 is 4.74 Å². The minimum Gasteiger partial charge on any atom is -0.485 e. The zero-order valence-electron chi connectivity index (χ0n) is 8.85. The van der Waals surface area contributed by atoms with Crippen molar-refractivity contribution in [1.29, 1.82) is 5.41 Å². The summed E-state index contributed by atoms with van der Waals surface area (Å²) in [5.41, 5.74) is 8.73.